The average Bonchev–Trinajstić information content (AvgIpc) is 2.46. The van der Waals surface area contributed by atoms with Crippen LogP contribution in [0.5, 0.6) is 5.75 Å². The van der Waals surface area contributed by atoms with E-state index in [4.69, 9.17) is 10.5 Å². The third kappa shape index (κ3) is 3.65. The molecular formula is C16H24N2O2. The average molecular weight is 276 g/mol. The van der Waals surface area contributed by atoms with Crippen LogP contribution in [0.4, 0.5) is 5.69 Å². The summed E-state index contributed by atoms with van der Waals surface area (Å²) in [5.41, 5.74) is 6.22. The lowest BCUT2D eigenvalue weighted by Gasteiger charge is -2.32. The number of carbonyl (C=O) groups is 1. The first-order valence-corrected chi connectivity index (χ1v) is 7.37. The first-order valence-electron chi connectivity index (χ1n) is 7.37. The van der Waals surface area contributed by atoms with E-state index in [1.165, 1.54) is 6.42 Å². The number of para-hydroxylation sites is 2. The molecule has 0 atom stereocenters. The molecule has 1 amide bonds. The number of carbonyl (C=O) groups excluding carboxylic acids is 1. The van der Waals surface area contributed by atoms with Crippen LogP contribution in [0.3, 0.4) is 0 Å². The van der Waals surface area contributed by atoms with Crippen LogP contribution in [-0.4, -0.2) is 19.1 Å². The predicted molar refractivity (Wildman–Crippen MR) is 80.6 cm³/mol. The molecule has 0 heterocycles. The van der Waals surface area contributed by atoms with Gasteiger partial charge in [0.15, 0.2) is 0 Å². The summed E-state index contributed by atoms with van der Waals surface area (Å²) in [6, 6.07) is 7.39. The summed E-state index contributed by atoms with van der Waals surface area (Å²) in [5.74, 6) is 0.826. The van der Waals surface area contributed by atoms with Gasteiger partial charge >= 0.3 is 0 Å². The van der Waals surface area contributed by atoms with Gasteiger partial charge in [-0.15, -0.1) is 0 Å². The van der Waals surface area contributed by atoms with E-state index in [-0.39, 0.29) is 11.3 Å². The van der Waals surface area contributed by atoms with Crippen molar-refractivity contribution < 1.29 is 9.53 Å². The minimum Gasteiger partial charge on any atom is -0.490 e. The Hall–Kier alpha value is -1.71. The molecule has 0 saturated heterocycles. The van der Waals surface area contributed by atoms with Crippen LogP contribution < -0.4 is 15.8 Å². The van der Waals surface area contributed by atoms with Crippen LogP contribution in [0.25, 0.3) is 0 Å². The highest BCUT2D eigenvalue weighted by Gasteiger charge is 2.33. The number of rotatable bonds is 5. The van der Waals surface area contributed by atoms with Crippen molar-refractivity contribution in [2.24, 2.45) is 5.41 Å². The lowest BCUT2D eigenvalue weighted by Crippen LogP contribution is -2.41. The van der Waals surface area contributed by atoms with Crippen LogP contribution in [0.1, 0.15) is 39.0 Å². The molecule has 0 radical (unpaired) electrons. The molecule has 0 unspecified atom stereocenters. The predicted octanol–water partition coefficient (Wildman–Crippen LogP) is 2.73. The second-order valence-corrected chi connectivity index (χ2v) is 5.76. The highest BCUT2D eigenvalue weighted by Crippen LogP contribution is 2.35. The number of ether oxygens (including phenoxy) is 1. The maximum Gasteiger partial charge on any atom is 0.226 e. The Morgan fingerprint density at radius 3 is 2.70 bits per heavy atom. The van der Waals surface area contributed by atoms with Crippen molar-refractivity contribution >= 4 is 11.6 Å². The first-order chi connectivity index (χ1) is 9.62. The summed E-state index contributed by atoms with van der Waals surface area (Å²) in [7, 11) is 0. The van der Waals surface area contributed by atoms with Crippen molar-refractivity contribution in [1.82, 2.24) is 5.32 Å². The van der Waals surface area contributed by atoms with Gasteiger partial charge in [0.1, 0.15) is 12.4 Å². The van der Waals surface area contributed by atoms with Gasteiger partial charge in [-0.3, -0.25) is 4.79 Å². The first kappa shape index (κ1) is 14.7. The molecule has 4 nitrogen and oxygen atoms in total. The molecule has 0 spiro atoms. The molecule has 1 aliphatic rings. The molecule has 110 valence electrons. The Balaban J connectivity index is 1.73. The van der Waals surface area contributed by atoms with E-state index in [2.05, 4.69) is 12.2 Å². The summed E-state index contributed by atoms with van der Waals surface area (Å²) in [4.78, 5) is 12.2. The lowest BCUT2D eigenvalue weighted by molar-refractivity contribution is -0.131. The minimum absolute atomic E-state index is 0.154. The van der Waals surface area contributed by atoms with Gasteiger partial charge in [-0.25, -0.2) is 0 Å². The van der Waals surface area contributed by atoms with Crippen molar-refractivity contribution in [2.45, 2.75) is 39.0 Å². The lowest BCUT2D eigenvalue weighted by atomic mass is 9.75. The number of hydrogen-bond donors (Lipinski definition) is 2. The molecule has 4 heteroatoms. The maximum absolute atomic E-state index is 12.2. The normalized spacial score (nSPS) is 17.4. The van der Waals surface area contributed by atoms with E-state index >= 15 is 0 Å². The van der Waals surface area contributed by atoms with Crippen molar-refractivity contribution in [3.8, 4) is 5.75 Å². The highest BCUT2D eigenvalue weighted by atomic mass is 16.5. The van der Waals surface area contributed by atoms with Crippen molar-refractivity contribution in [1.29, 1.82) is 0 Å². The summed E-state index contributed by atoms with van der Waals surface area (Å²) in [6.45, 7) is 3.02. The number of anilines is 1. The van der Waals surface area contributed by atoms with Crippen LogP contribution in [-0.2, 0) is 4.79 Å². The summed E-state index contributed by atoms with van der Waals surface area (Å²) in [6.07, 6.45) is 5.54. The number of benzene rings is 1. The van der Waals surface area contributed by atoms with Crippen molar-refractivity contribution in [2.75, 3.05) is 18.9 Å². The Kier molecular flexibility index (Phi) is 4.88. The number of nitrogen functional groups attached to an aromatic ring is 1. The molecule has 20 heavy (non-hydrogen) atoms. The highest BCUT2D eigenvalue weighted by molar-refractivity contribution is 5.82. The Morgan fingerprint density at radius 2 is 2.00 bits per heavy atom. The molecule has 2 rings (SSSR count). The smallest absolute Gasteiger partial charge is 0.226 e. The van der Waals surface area contributed by atoms with Crippen LogP contribution in [0.15, 0.2) is 24.3 Å². The minimum atomic E-state index is -0.190. The summed E-state index contributed by atoms with van der Waals surface area (Å²) < 4.78 is 5.57. The Morgan fingerprint density at radius 1 is 1.30 bits per heavy atom. The quantitative estimate of drug-likeness (QED) is 0.642. The van der Waals surface area contributed by atoms with Crippen molar-refractivity contribution in [3.05, 3.63) is 24.3 Å². The summed E-state index contributed by atoms with van der Waals surface area (Å²) >= 11 is 0. The van der Waals surface area contributed by atoms with Crippen molar-refractivity contribution in [3.63, 3.8) is 0 Å². The number of hydrogen-bond acceptors (Lipinski definition) is 3. The number of nitrogens with two attached hydrogens (primary N) is 1. The number of nitrogens with one attached hydrogen (secondary N) is 1. The zero-order valence-electron chi connectivity index (χ0n) is 12.2. The second kappa shape index (κ2) is 6.64. The molecule has 1 saturated carbocycles. The van der Waals surface area contributed by atoms with E-state index in [1.54, 1.807) is 6.07 Å². The summed E-state index contributed by atoms with van der Waals surface area (Å²) in [5, 5.41) is 2.98. The molecule has 0 bridgehead atoms. The Labute approximate surface area is 120 Å². The standard InChI is InChI=1S/C16H24N2O2/c1-16(9-5-2-6-10-16)15(19)18-11-12-20-14-8-4-3-7-13(14)17/h3-4,7-8H,2,5-6,9-12,17H2,1H3,(H,18,19). The third-order valence-electron chi connectivity index (χ3n) is 4.07. The van der Waals surface area contributed by atoms with Gasteiger partial charge < -0.3 is 15.8 Å². The van der Waals surface area contributed by atoms with Gasteiger partial charge in [-0.1, -0.05) is 38.3 Å². The molecule has 0 aliphatic heterocycles. The zero-order chi connectivity index (χ0) is 14.4. The zero-order valence-corrected chi connectivity index (χ0v) is 12.2. The Bertz CT molecular complexity index is 454. The molecule has 1 aromatic rings. The van der Waals surface area contributed by atoms with Crippen LogP contribution in [0.2, 0.25) is 0 Å². The van der Waals surface area contributed by atoms with Gasteiger partial charge in [0.2, 0.25) is 5.91 Å². The fourth-order valence-corrected chi connectivity index (χ4v) is 2.71. The van der Waals surface area contributed by atoms with E-state index in [1.807, 2.05) is 18.2 Å². The van der Waals surface area contributed by atoms with Crippen LogP contribution in [0, 0.1) is 5.41 Å². The molecular weight excluding hydrogens is 252 g/mol. The largest absolute Gasteiger partial charge is 0.490 e. The van der Waals surface area contributed by atoms with Crippen LogP contribution >= 0.6 is 0 Å². The SMILES string of the molecule is CC1(C(=O)NCCOc2ccccc2N)CCCCC1. The third-order valence-corrected chi connectivity index (χ3v) is 4.07. The van der Waals surface area contributed by atoms with E-state index in [9.17, 15) is 4.79 Å². The van der Waals surface area contributed by atoms with E-state index in [0.29, 0.717) is 24.6 Å². The second-order valence-electron chi connectivity index (χ2n) is 5.76. The molecule has 1 fully saturated rings. The number of amides is 1. The van der Waals surface area contributed by atoms with E-state index in [0.717, 1.165) is 25.7 Å². The molecule has 3 N–H and O–H groups in total. The van der Waals surface area contributed by atoms with Gasteiger partial charge in [-0.05, 0) is 25.0 Å². The van der Waals surface area contributed by atoms with Gasteiger partial charge in [0.25, 0.3) is 0 Å². The fourth-order valence-electron chi connectivity index (χ4n) is 2.71. The molecule has 1 aromatic carbocycles. The van der Waals surface area contributed by atoms with Gasteiger partial charge in [-0.2, -0.15) is 0 Å². The van der Waals surface area contributed by atoms with Gasteiger partial charge in [0.05, 0.1) is 12.2 Å². The maximum atomic E-state index is 12.2. The molecule has 1 aliphatic carbocycles. The molecule has 0 aromatic heterocycles. The monoisotopic (exact) mass is 276 g/mol. The van der Waals surface area contributed by atoms with E-state index < -0.39 is 0 Å². The topological polar surface area (TPSA) is 64.3 Å². The fraction of sp³-hybridized carbons (Fsp3) is 0.562. The van der Waals surface area contributed by atoms with Gasteiger partial charge in [0, 0.05) is 5.41 Å².